The van der Waals surface area contributed by atoms with Gasteiger partial charge in [-0.05, 0) is 5.56 Å². The predicted molar refractivity (Wildman–Crippen MR) is 55.9 cm³/mol. The van der Waals surface area contributed by atoms with E-state index in [-0.39, 0.29) is 13.0 Å². The molecule has 1 aromatic carbocycles. The number of hydrogen-bond donors (Lipinski definition) is 0. The van der Waals surface area contributed by atoms with Gasteiger partial charge >= 0.3 is 6.18 Å². The summed E-state index contributed by atoms with van der Waals surface area (Å²) in [7, 11) is 0. The molecule has 0 saturated carbocycles. The van der Waals surface area contributed by atoms with Crippen molar-refractivity contribution in [2.75, 3.05) is 0 Å². The number of ether oxygens (including phenoxy) is 1. The van der Waals surface area contributed by atoms with E-state index >= 15 is 0 Å². The van der Waals surface area contributed by atoms with E-state index in [1.807, 2.05) is 0 Å². The summed E-state index contributed by atoms with van der Waals surface area (Å²) in [5.74, 6) is 0. The van der Waals surface area contributed by atoms with Crippen molar-refractivity contribution in [3.63, 3.8) is 0 Å². The van der Waals surface area contributed by atoms with Crippen LogP contribution in [0.3, 0.4) is 0 Å². The third kappa shape index (κ3) is 4.06. The first-order valence-electron chi connectivity index (χ1n) is 4.87. The van der Waals surface area contributed by atoms with Gasteiger partial charge in [-0.1, -0.05) is 36.4 Å². The monoisotopic (exact) mass is 230 g/mol. The standard InChI is InChI=1S/C12H13F3O/c1-2-6-11(12(13,14)15)16-9-10-7-4-3-5-8-10/h2-5,7-8,11H,1,6,9H2. The van der Waals surface area contributed by atoms with E-state index in [9.17, 15) is 13.2 Å². The molecule has 0 radical (unpaired) electrons. The SMILES string of the molecule is C=CCC(OCc1ccccc1)C(F)(F)F. The highest BCUT2D eigenvalue weighted by molar-refractivity contribution is 5.13. The molecule has 1 unspecified atom stereocenters. The Morgan fingerprint density at radius 2 is 1.88 bits per heavy atom. The van der Waals surface area contributed by atoms with Crippen molar-refractivity contribution >= 4 is 0 Å². The number of rotatable bonds is 5. The van der Waals surface area contributed by atoms with Crippen LogP contribution < -0.4 is 0 Å². The molecule has 1 nitrogen and oxygen atoms in total. The molecule has 0 bridgehead atoms. The van der Waals surface area contributed by atoms with Crippen molar-refractivity contribution in [2.45, 2.75) is 25.3 Å². The van der Waals surface area contributed by atoms with Crippen LogP contribution in [0.25, 0.3) is 0 Å². The minimum Gasteiger partial charge on any atom is -0.364 e. The molecule has 0 spiro atoms. The molecule has 16 heavy (non-hydrogen) atoms. The normalized spacial score (nSPS) is 13.4. The highest BCUT2D eigenvalue weighted by Gasteiger charge is 2.39. The molecule has 1 rings (SSSR count). The fraction of sp³-hybridized carbons (Fsp3) is 0.333. The molecule has 0 aliphatic carbocycles. The highest BCUT2D eigenvalue weighted by Crippen LogP contribution is 2.26. The van der Waals surface area contributed by atoms with E-state index in [0.717, 1.165) is 5.56 Å². The van der Waals surface area contributed by atoms with Crippen LogP contribution >= 0.6 is 0 Å². The summed E-state index contributed by atoms with van der Waals surface area (Å²) < 4.78 is 42.1. The van der Waals surface area contributed by atoms with Crippen LogP contribution in [0.5, 0.6) is 0 Å². The summed E-state index contributed by atoms with van der Waals surface area (Å²) in [6.07, 6.45) is -5.13. The van der Waals surface area contributed by atoms with Gasteiger partial charge in [0.2, 0.25) is 0 Å². The van der Waals surface area contributed by atoms with Crippen molar-refractivity contribution in [1.29, 1.82) is 0 Å². The average Bonchev–Trinajstić information content (AvgIpc) is 2.24. The molecule has 4 heteroatoms. The van der Waals surface area contributed by atoms with Crippen LogP contribution in [-0.2, 0) is 11.3 Å². The summed E-state index contributed by atoms with van der Waals surface area (Å²) in [5, 5.41) is 0. The van der Waals surface area contributed by atoms with Gasteiger partial charge in [-0.3, -0.25) is 0 Å². The fourth-order valence-electron chi connectivity index (χ4n) is 1.22. The average molecular weight is 230 g/mol. The lowest BCUT2D eigenvalue weighted by molar-refractivity contribution is -0.222. The Morgan fingerprint density at radius 3 is 2.38 bits per heavy atom. The van der Waals surface area contributed by atoms with Crippen LogP contribution in [0.2, 0.25) is 0 Å². The Balaban J connectivity index is 2.54. The topological polar surface area (TPSA) is 9.23 Å². The van der Waals surface area contributed by atoms with E-state index in [2.05, 4.69) is 6.58 Å². The lowest BCUT2D eigenvalue weighted by atomic mass is 10.2. The largest absolute Gasteiger partial charge is 0.414 e. The molecule has 88 valence electrons. The molecular formula is C12H13F3O. The van der Waals surface area contributed by atoms with Crippen molar-refractivity contribution < 1.29 is 17.9 Å². The van der Waals surface area contributed by atoms with E-state index < -0.39 is 12.3 Å². The first kappa shape index (κ1) is 12.8. The highest BCUT2D eigenvalue weighted by atomic mass is 19.4. The first-order valence-corrected chi connectivity index (χ1v) is 4.87. The number of halogens is 3. The summed E-state index contributed by atoms with van der Waals surface area (Å²) in [5.41, 5.74) is 0.723. The lowest BCUT2D eigenvalue weighted by Crippen LogP contribution is -2.31. The van der Waals surface area contributed by atoms with Crippen molar-refractivity contribution in [3.8, 4) is 0 Å². The third-order valence-corrected chi connectivity index (χ3v) is 2.04. The smallest absolute Gasteiger partial charge is 0.364 e. The molecule has 1 atom stereocenters. The molecule has 0 aliphatic heterocycles. The second-order valence-electron chi connectivity index (χ2n) is 3.35. The van der Waals surface area contributed by atoms with Gasteiger partial charge in [0.25, 0.3) is 0 Å². The second kappa shape index (κ2) is 5.70. The van der Waals surface area contributed by atoms with Crippen molar-refractivity contribution in [3.05, 3.63) is 48.6 Å². The maximum atomic E-state index is 12.4. The molecular weight excluding hydrogens is 217 g/mol. The van der Waals surface area contributed by atoms with Gasteiger partial charge in [0.15, 0.2) is 6.10 Å². The number of alkyl halides is 3. The summed E-state index contributed by atoms with van der Waals surface area (Å²) >= 11 is 0. The van der Waals surface area contributed by atoms with Gasteiger partial charge in [-0.2, -0.15) is 13.2 Å². The van der Waals surface area contributed by atoms with Gasteiger partial charge < -0.3 is 4.74 Å². The first-order chi connectivity index (χ1) is 7.54. The Morgan fingerprint density at radius 1 is 1.25 bits per heavy atom. The molecule has 0 saturated heterocycles. The summed E-state index contributed by atoms with van der Waals surface area (Å²) in [6.45, 7) is 3.25. The van der Waals surface area contributed by atoms with Crippen LogP contribution in [0, 0.1) is 0 Å². The molecule has 0 amide bonds. The zero-order chi connectivity index (χ0) is 12.0. The Labute approximate surface area is 92.5 Å². The summed E-state index contributed by atoms with van der Waals surface area (Å²) in [6, 6.07) is 8.76. The fourth-order valence-corrected chi connectivity index (χ4v) is 1.22. The Kier molecular flexibility index (Phi) is 4.55. The molecule has 0 heterocycles. The third-order valence-electron chi connectivity index (χ3n) is 2.04. The maximum absolute atomic E-state index is 12.4. The quantitative estimate of drug-likeness (QED) is 0.700. The van der Waals surface area contributed by atoms with Gasteiger partial charge in [0, 0.05) is 6.42 Å². The molecule has 1 aromatic rings. The lowest BCUT2D eigenvalue weighted by Gasteiger charge is -2.19. The molecule has 0 fully saturated rings. The van der Waals surface area contributed by atoms with Crippen LogP contribution in [0.4, 0.5) is 13.2 Å². The zero-order valence-electron chi connectivity index (χ0n) is 8.70. The second-order valence-corrected chi connectivity index (χ2v) is 3.35. The van der Waals surface area contributed by atoms with Gasteiger partial charge in [-0.15, -0.1) is 6.58 Å². The Bertz CT molecular complexity index is 319. The Hall–Kier alpha value is -1.29. The van der Waals surface area contributed by atoms with Crippen LogP contribution in [0.15, 0.2) is 43.0 Å². The van der Waals surface area contributed by atoms with Crippen molar-refractivity contribution in [1.82, 2.24) is 0 Å². The van der Waals surface area contributed by atoms with Gasteiger partial charge in [0.1, 0.15) is 0 Å². The minimum atomic E-state index is -4.34. The van der Waals surface area contributed by atoms with Crippen molar-refractivity contribution in [2.24, 2.45) is 0 Å². The van der Waals surface area contributed by atoms with Crippen LogP contribution in [0.1, 0.15) is 12.0 Å². The number of benzene rings is 1. The minimum absolute atomic E-state index is 0.0428. The molecule has 0 N–H and O–H groups in total. The van der Waals surface area contributed by atoms with E-state index in [0.29, 0.717) is 0 Å². The van der Waals surface area contributed by atoms with Crippen LogP contribution in [-0.4, -0.2) is 12.3 Å². The van der Waals surface area contributed by atoms with E-state index in [4.69, 9.17) is 4.74 Å². The molecule has 0 aliphatic rings. The van der Waals surface area contributed by atoms with E-state index in [1.165, 1.54) is 6.08 Å². The predicted octanol–water partition coefficient (Wildman–Crippen LogP) is 3.71. The zero-order valence-corrected chi connectivity index (χ0v) is 8.70. The molecule has 0 aromatic heterocycles. The summed E-state index contributed by atoms with van der Waals surface area (Å²) in [4.78, 5) is 0. The van der Waals surface area contributed by atoms with E-state index in [1.54, 1.807) is 30.3 Å². The van der Waals surface area contributed by atoms with Gasteiger partial charge in [0.05, 0.1) is 6.61 Å². The number of hydrogen-bond acceptors (Lipinski definition) is 1. The van der Waals surface area contributed by atoms with Gasteiger partial charge in [-0.25, -0.2) is 0 Å². The maximum Gasteiger partial charge on any atom is 0.414 e.